The van der Waals surface area contributed by atoms with Crippen molar-refractivity contribution in [1.29, 1.82) is 0 Å². The minimum Gasteiger partial charge on any atom is -0.383 e. The Morgan fingerprint density at radius 2 is 2.23 bits per heavy atom. The van der Waals surface area contributed by atoms with Crippen LogP contribution in [0.2, 0.25) is 0 Å². The van der Waals surface area contributed by atoms with E-state index in [1.807, 2.05) is 0 Å². The fourth-order valence-electron chi connectivity index (χ4n) is 1.15. The summed E-state index contributed by atoms with van der Waals surface area (Å²) < 4.78 is 18.1. The lowest BCUT2D eigenvalue weighted by atomic mass is 10.1. The third-order valence-electron chi connectivity index (χ3n) is 1.82. The van der Waals surface area contributed by atoms with E-state index in [1.54, 1.807) is 25.3 Å². The lowest BCUT2D eigenvalue weighted by Crippen LogP contribution is -2.31. The average molecular weight is 184 g/mol. The standard InChI is InChI=1S/C9H13FN2O/c1-13-6-9(12-11)7-4-2-3-5-8(7)10/h2-5,9,12H,6,11H2,1H3. The zero-order valence-corrected chi connectivity index (χ0v) is 7.46. The van der Waals surface area contributed by atoms with Crippen LogP contribution >= 0.6 is 0 Å². The summed E-state index contributed by atoms with van der Waals surface area (Å²) in [5.41, 5.74) is 3.02. The Balaban J connectivity index is 2.84. The molecule has 0 aliphatic carbocycles. The van der Waals surface area contributed by atoms with Crippen LogP contribution in [-0.4, -0.2) is 13.7 Å². The topological polar surface area (TPSA) is 47.3 Å². The second kappa shape index (κ2) is 4.91. The van der Waals surface area contributed by atoms with Crippen LogP contribution in [-0.2, 0) is 4.74 Å². The van der Waals surface area contributed by atoms with Crippen LogP contribution in [0.4, 0.5) is 4.39 Å². The maximum Gasteiger partial charge on any atom is 0.128 e. The van der Waals surface area contributed by atoms with Crippen molar-refractivity contribution in [3.8, 4) is 0 Å². The second-order valence-corrected chi connectivity index (χ2v) is 2.70. The van der Waals surface area contributed by atoms with Gasteiger partial charge < -0.3 is 4.74 Å². The van der Waals surface area contributed by atoms with Crippen molar-refractivity contribution in [3.05, 3.63) is 35.6 Å². The Kier molecular flexibility index (Phi) is 3.82. The molecule has 0 amide bonds. The monoisotopic (exact) mass is 184 g/mol. The molecule has 0 saturated carbocycles. The number of halogens is 1. The highest BCUT2D eigenvalue weighted by molar-refractivity contribution is 5.21. The number of rotatable bonds is 4. The third kappa shape index (κ3) is 2.48. The number of hydrogen-bond acceptors (Lipinski definition) is 3. The van der Waals surface area contributed by atoms with Gasteiger partial charge in [-0.2, -0.15) is 0 Å². The highest BCUT2D eigenvalue weighted by atomic mass is 19.1. The molecule has 0 saturated heterocycles. The van der Waals surface area contributed by atoms with Crippen LogP contribution in [0.25, 0.3) is 0 Å². The maximum atomic E-state index is 13.2. The summed E-state index contributed by atoms with van der Waals surface area (Å²) >= 11 is 0. The number of nitrogens with one attached hydrogen (secondary N) is 1. The number of methoxy groups -OCH3 is 1. The normalized spacial score (nSPS) is 12.8. The van der Waals surface area contributed by atoms with Crippen LogP contribution in [0.15, 0.2) is 24.3 Å². The van der Waals surface area contributed by atoms with Gasteiger partial charge >= 0.3 is 0 Å². The minimum atomic E-state index is -0.300. The zero-order valence-electron chi connectivity index (χ0n) is 7.46. The molecule has 3 N–H and O–H groups in total. The lowest BCUT2D eigenvalue weighted by molar-refractivity contribution is 0.166. The summed E-state index contributed by atoms with van der Waals surface area (Å²) in [7, 11) is 1.55. The number of benzene rings is 1. The Bertz CT molecular complexity index is 268. The van der Waals surface area contributed by atoms with Crippen molar-refractivity contribution in [2.24, 2.45) is 5.84 Å². The van der Waals surface area contributed by atoms with E-state index >= 15 is 0 Å². The number of hydrogen-bond donors (Lipinski definition) is 2. The van der Waals surface area contributed by atoms with E-state index in [-0.39, 0.29) is 11.9 Å². The summed E-state index contributed by atoms with van der Waals surface area (Å²) in [5.74, 6) is 4.99. The van der Waals surface area contributed by atoms with Gasteiger partial charge in [-0.05, 0) is 6.07 Å². The molecule has 1 rings (SSSR count). The lowest BCUT2D eigenvalue weighted by Gasteiger charge is -2.15. The van der Waals surface area contributed by atoms with Crippen LogP contribution in [0.1, 0.15) is 11.6 Å². The Morgan fingerprint density at radius 1 is 1.54 bits per heavy atom. The fraction of sp³-hybridized carbons (Fsp3) is 0.333. The molecule has 3 nitrogen and oxygen atoms in total. The quantitative estimate of drug-likeness (QED) is 0.541. The van der Waals surface area contributed by atoms with E-state index in [1.165, 1.54) is 6.07 Å². The molecular formula is C9H13FN2O. The number of hydrazine groups is 1. The third-order valence-corrected chi connectivity index (χ3v) is 1.82. The summed E-state index contributed by atoms with van der Waals surface area (Å²) in [5, 5.41) is 0. The van der Waals surface area contributed by atoms with Crippen LogP contribution in [0.5, 0.6) is 0 Å². The molecule has 72 valence electrons. The molecule has 0 fully saturated rings. The van der Waals surface area contributed by atoms with Crippen LogP contribution in [0.3, 0.4) is 0 Å². The molecule has 1 unspecified atom stereocenters. The molecule has 0 aliphatic rings. The van der Waals surface area contributed by atoms with Crippen LogP contribution in [0, 0.1) is 5.82 Å². The van der Waals surface area contributed by atoms with Gasteiger partial charge in [0.2, 0.25) is 0 Å². The predicted molar refractivity (Wildman–Crippen MR) is 48.3 cm³/mol. The Labute approximate surface area is 76.7 Å². The van der Waals surface area contributed by atoms with E-state index in [2.05, 4.69) is 5.43 Å². The average Bonchev–Trinajstić information content (AvgIpc) is 2.16. The smallest absolute Gasteiger partial charge is 0.128 e. The molecule has 1 atom stereocenters. The summed E-state index contributed by atoms with van der Waals surface area (Å²) in [6.45, 7) is 0.345. The molecule has 0 aromatic heterocycles. The van der Waals surface area contributed by atoms with E-state index in [9.17, 15) is 4.39 Å². The number of ether oxygens (including phenoxy) is 1. The highest BCUT2D eigenvalue weighted by Crippen LogP contribution is 2.15. The van der Waals surface area contributed by atoms with Gasteiger partial charge in [0.15, 0.2) is 0 Å². The fourth-order valence-corrected chi connectivity index (χ4v) is 1.15. The highest BCUT2D eigenvalue weighted by Gasteiger charge is 2.12. The maximum absolute atomic E-state index is 13.2. The van der Waals surface area contributed by atoms with Crippen molar-refractivity contribution in [1.82, 2.24) is 5.43 Å². The first-order valence-electron chi connectivity index (χ1n) is 3.99. The van der Waals surface area contributed by atoms with Crippen molar-refractivity contribution in [2.75, 3.05) is 13.7 Å². The molecule has 13 heavy (non-hydrogen) atoms. The SMILES string of the molecule is COCC(NN)c1ccccc1F. The van der Waals surface area contributed by atoms with Gasteiger partial charge in [-0.1, -0.05) is 18.2 Å². The second-order valence-electron chi connectivity index (χ2n) is 2.70. The first-order valence-corrected chi connectivity index (χ1v) is 3.99. The molecule has 0 radical (unpaired) electrons. The minimum absolute atomic E-state index is 0.275. The molecular weight excluding hydrogens is 171 g/mol. The van der Waals surface area contributed by atoms with Gasteiger partial charge in [0.1, 0.15) is 5.82 Å². The Morgan fingerprint density at radius 3 is 2.77 bits per heavy atom. The van der Waals surface area contributed by atoms with Gasteiger partial charge in [0.05, 0.1) is 12.6 Å². The summed E-state index contributed by atoms with van der Waals surface area (Å²) in [4.78, 5) is 0. The molecule has 0 heterocycles. The molecule has 0 bridgehead atoms. The van der Waals surface area contributed by atoms with Crippen molar-refractivity contribution in [2.45, 2.75) is 6.04 Å². The van der Waals surface area contributed by atoms with Crippen molar-refractivity contribution < 1.29 is 9.13 Å². The van der Waals surface area contributed by atoms with E-state index in [0.29, 0.717) is 12.2 Å². The van der Waals surface area contributed by atoms with E-state index < -0.39 is 0 Å². The largest absolute Gasteiger partial charge is 0.383 e. The first-order chi connectivity index (χ1) is 6.29. The first kappa shape index (κ1) is 10.1. The molecule has 4 heteroatoms. The van der Waals surface area contributed by atoms with Gasteiger partial charge in [-0.25, -0.2) is 4.39 Å². The van der Waals surface area contributed by atoms with Gasteiger partial charge in [-0.3, -0.25) is 11.3 Å². The zero-order chi connectivity index (χ0) is 9.68. The van der Waals surface area contributed by atoms with Gasteiger partial charge in [0.25, 0.3) is 0 Å². The van der Waals surface area contributed by atoms with Crippen LogP contribution < -0.4 is 11.3 Å². The molecule has 1 aromatic rings. The number of nitrogens with two attached hydrogens (primary N) is 1. The van der Waals surface area contributed by atoms with E-state index in [4.69, 9.17) is 10.6 Å². The molecule has 1 aromatic carbocycles. The Hall–Kier alpha value is -0.970. The van der Waals surface area contributed by atoms with E-state index in [0.717, 1.165) is 0 Å². The molecule has 0 spiro atoms. The summed E-state index contributed by atoms with van der Waals surface area (Å²) in [6.07, 6.45) is 0. The van der Waals surface area contributed by atoms with Crippen molar-refractivity contribution in [3.63, 3.8) is 0 Å². The molecule has 0 aliphatic heterocycles. The van der Waals surface area contributed by atoms with Crippen molar-refractivity contribution >= 4 is 0 Å². The summed E-state index contributed by atoms with van der Waals surface area (Å²) in [6, 6.07) is 6.18. The van der Waals surface area contributed by atoms with Gasteiger partial charge in [0, 0.05) is 12.7 Å². The predicted octanol–water partition coefficient (Wildman–Crippen LogP) is 0.976. The van der Waals surface area contributed by atoms with Gasteiger partial charge in [-0.15, -0.1) is 0 Å².